The lowest BCUT2D eigenvalue weighted by atomic mass is 9.95. The lowest BCUT2D eigenvalue weighted by Crippen LogP contribution is -2.45. The van der Waals surface area contributed by atoms with Crippen LogP contribution in [0.15, 0.2) is 29.5 Å². The van der Waals surface area contributed by atoms with Crippen molar-refractivity contribution in [2.75, 3.05) is 7.11 Å². The van der Waals surface area contributed by atoms with E-state index >= 15 is 0 Å². The number of esters is 1. The van der Waals surface area contributed by atoms with E-state index in [0.717, 1.165) is 0 Å². The predicted octanol–water partition coefficient (Wildman–Crippen LogP) is 2.79. The number of urea groups is 1. The molecule has 7 heteroatoms. The number of nitrogens with one attached hydrogen (secondary N) is 2. The van der Waals surface area contributed by atoms with Crippen LogP contribution in [0.2, 0.25) is 10.0 Å². The maximum absolute atomic E-state index is 11.9. The number of benzene rings is 1. The van der Waals surface area contributed by atoms with Crippen LogP contribution in [-0.4, -0.2) is 19.1 Å². The molecule has 106 valence electrons. The molecule has 5 nitrogen and oxygen atoms in total. The van der Waals surface area contributed by atoms with Gasteiger partial charge in [-0.2, -0.15) is 0 Å². The van der Waals surface area contributed by atoms with Gasteiger partial charge in [0, 0.05) is 15.7 Å². The minimum absolute atomic E-state index is 0.302. The topological polar surface area (TPSA) is 67.4 Å². The first kappa shape index (κ1) is 14.7. The predicted molar refractivity (Wildman–Crippen MR) is 75.6 cm³/mol. The molecule has 0 unspecified atom stereocenters. The fourth-order valence-electron chi connectivity index (χ4n) is 2.04. The van der Waals surface area contributed by atoms with Crippen molar-refractivity contribution in [1.82, 2.24) is 10.6 Å². The fourth-order valence-corrected chi connectivity index (χ4v) is 2.56. The van der Waals surface area contributed by atoms with Crippen molar-refractivity contribution in [3.8, 4) is 0 Å². The number of carbonyl (C=O) groups excluding carboxylic acids is 2. The Morgan fingerprint density at radius 3 is 2.65 bits per heavy atom. The summed E-state index contributed by atoms with van der Waals surface area (Å²) in [5.41, 5.74) is 1.30. The first-order valence-electron chi connectivity index (χ1n) is 5.75. The monoisotopic (exact) mass is 314 g/mol. The van der Waals surface area contributed by atoms with Gasteiger partial charge in [0.2, 0.25) is 0 Å². The Labute approximate surface area is 125 Å². The van der Waals surface area contributed by atoms with Gasteiger partial charge in [0.25, 0.3) is 0 Å². The third kappa shape index (κ3) is 2.73. The van der Waals surface area contributed by atoms with Gasteiger partial charge in [-0.25, -0.2) is 9.59 Å². The molecule has 1 aromatic rings. The minimum atomic E-state index is -0.680. The number of ether oxygens (including phenoxy) is 1. The SMILES string of the molecule is COC(=O)C1=C(C)NC(=O)N[C@@H]1c1ccc(Cl)cc1Cl. The summed E-state index contributed by atoms with van der Waals surface area (Å²) in [5, 5.41) is 6.02. The Morgan fingerprint density at radius 1 is 1.35 bits per heavy atom. The van der Waals surface area contributed by atoms with E-state index in [1.807, 2.05) is 0 Å². The van der Waals surface area contributed by atoms with Crippen molar-refractivity contribution < 1.29 is 14.3 Å². The molecule has 0 aliphatic carbocycles. The summed E-state index contributed by atoms with van der Waals surface area (Å²) < 4.78 is 4.75. The number of amides is 2. The van der Waals surface area contributed by atoms with E-state index < -0.39 is 18.0 Å². The summed E-state index contributed by atoms with van der Waals surface area (Å²) in [7, 11) is 1.28. The van der Waals surface area contributed by atoms with Gasteiger partial charge in [-0.1, -0.05) is 29.3 Å². The summed E-state index contributed by atoms with van der Waals surface area (Å²) in [5.74, 6) is -0.536. The molecule has 2 N–H and O–H groups in total. The average Bonchev–Trinajstić information content (AvgIpc) is 2.37. The number of halogens is 2. The molecule has 2 amide bonds. The second-order valence-electron chi connectivity index (χ2n) is 4.23. The van der Waals surface area contributed by atoms with Crippen LogP contribution in [0.5, 0.6) is 0 Å². The normalized spacial score (nSPS) is 18.4. The molecular formula is C13H12Cl2N2O3. The van der Waals surface area contributed by atoms with E-state index in [-0.39, 0.29) is 0 Å². The highest BCUT2D eigenvalue weighted by Gasteiger charge is 2.32. The highest BCUT2D eigenvalue weighted by molar-refractivity contribution is 6.35. The third-order valence-corrected chi connectivity index (χ3v) is 3.51. The molecule has 0 saturated heterocycles. The molecule has 1 aromatic carbocycles. The zero-order valence-electron chi connectivity index (χ0n) is 10.8. The fraction of sp³-hybridized carbons (Fsp3) is 0.231. The van der Waals surface area contributed by atoms with Crippen LogP contribution < -0.4 is 10.6 Å². The van der Waals surface area contributed by atoms with Gasteiger partial charge in [0.1, 0.15) is 0 Å². The van der Waals surface area contributed by atoms with Crippen LogP contribution >= 0.6 is 23.2 Å². The molecule has 1 aliphatic heterocycles. The average molecular weight is 315 g/mol. The van der Waals surface area contributed by atoms with Crippen LogP contribution in [0.3, 0.4) is 0 Å². The number of carbonyl (C=O) groups is 2. The second-order valence-corrected chi connectivity index (χ2v) is 5.07. The Bertz CT molecular complexity index is 614. The van der Waals surface area contributed by atoms with Crippen LogP contribution in [0, 0.1) is 0 Å². The first-order valence-corrected chi connectivity index (χ1v) is 6.51. The molecule has 1 aliphatic rings. The van der Waals surface area contributed by atoms with Gasteiger partial charge in [0.15, 0.2) is 0 Å². The van der Waals surface area contributed by atoms with Gasteiger partial charge < -0.3 is 15.4 Å². The lowest BCUT2D eigenvalue weighted by Gasteiger charge is -2.28. The number of hydrogen-bond donors (Lipinski definition) is 2. The Balaban J connectivity index is 2.54. The zero-order chi connectivity index (χ0) is 14.9. The lowest BCUT2D eigenvalue weighted by molar-refractivity contribution is -0.136. The van der Waals surface area contributed by atoms with Gasteiger partial charge >= 0.3 is 12.0 Å². The Morgan fingerprint density at radius 2 is 2.05 bits per heavy atom. The maximum atomic E-state index is 11.9. The number of rotatable bonds is 2. The molecule has 20 heavy (non-hydrogen) atoms. The van der Waals surface area contributed by atoms with Crippen molar-refractivity contribution in [2.45, 2.75) is 13.0 Å². The van der Waals surface area contributed by atoms with Crippen molar-refractivity contribution in [2.24, 2.45) is 0 Å². The minimum Gasteiger partial charge on any atom is -0.466 e. The third-order valence-electron chi connectivity index (χ3n) is 2.95. The summed E-state index contributed by atoms with van der Waals surface area (Å²) in [4.78, 5) is 23.5. The van der Waals surface area contributed by atoms with Crippen molar-refractivity contribution >= 4 is 35.2 Å². The summed E-state index contributed by atoms with van der Waals surface area (Å²) in [6.07, 6.45) is 0. The van der Waals surface area contributed by atoms with E-state index in [9.17, 15) is 9.59 Å². The highest BCUT2D eigenvalue weighted by Crippen LogP contribution is 2.33. The van der Waals surface area contributed by atoms with Crippen LogP contribution in [0.1, 0.15) is 18.5 Å². The molecule has 0 aromatic heterocycles. The standard InChI is InChI=1S/C13H12Cl2N2O3/c1-6-10(12(18)20-2)11(17-13(19)16-6)8-4-3-7(14)5-9(8)15/h3-5,11H,1-2H3,(H2,16,17,19)/t11-/m1/s1. The van der Waals surface area contributed by atoms with Gasteiger partial charge in [-0.3, -0.25) is 0 Å². The summed E-state index contributed by atoms with van der Waals surface area (Å²) in [6.45, 7) is 1.63. The van der Waals surface area contributed by atoms with Crippen LogP contribution in [0.25, 0.3) is 0 Å². The van der Waals surface area contributed by atoms with E-state index in [4.69, 9.17) is 27.9 Å². The van der Waals surface area contributed by atoms with Crippen molar-refractivity contribution in [3.05, 3.63) is 45.1 Å². The molecule has 0 radical (unpaired) electrons. The van der Waals surface area contributed by atoms with E-state index in [0.29, 0.717) is 26.9 Å². The molecule has 1 atom stereocenters. The quantitative estimate of drug-likeness (QED) is 0.825. The maximum Gasteiger partial charge on any atom is 0.337 e. The van der Waals surface area contributed by atoms with E-state index in [1.54, 1.807) is 25.1 Å². The van der Waals surface area contributed by atoms with Crippen LogP contribution in [-0.2, 0) is 9.53 Å². The smallest absolute Gasteiger partial charge is 0.337 e. The largest absolute Gasteiger partial charge is 0.466 e. The molecule has 1 heterocycles. The Hall–Kier alpha value is -1.72. The molecule has 2 rings (SSSR count). The molecule has 0 fully saturated rings. The molecule has 0 spiro atoms. The summed E-state index contributed by atoms with van der Waals surface area (Å²) >= 11 is 12.0. The molecule has 0 bridgehead atoms. The van der Waals surface area contributed by atoms with E-state index in [2.05, 4.69) is 10.6 Å². The van der Waals surface area contributed by atoms with Gasteiger partial charge in [0.05, 0.1) is 18.7 Å². The second kappa shape index (κ2) is 5.73. The Kier molecular flexibility index (Phi) is 4.20. The van der Waals surface area contributed by atoms with Crippen LogP contribution in [0.4, 0.5) is 4.79 Å². The highest BCUT2D eigenvalue weighted by atomic mass is 35.5. The van der Waals surface area contributed by atoms with Crippen molar-refractivity contribution in [1.29, 1.82) is 0 Å². The number of hydrogen-bond acceptors (Lipinski definition) is 3. The first-order chi connectivity index (χ1) is 9.43. The van der Waals surface area contributed by atoms with E-state index in [1.165, 1.54) is 7.11 Å². The van der Waals surface area contributed by atoms with Crippen molar-refractivity contribution in [3.63, 3.8) is 0 Å². The number of methoxy groups -OCH3 is 1. The van der Waals surface area contributed by atoms with Gasteiger partial charge in [-0.15, -0.1) is 0 Å². The molecular weight excluding hydrogens is 303 g/mol. The van der Waals surface area contributed by atoms with Gasteiger partial charge in [-0.05, 0) is 24.6 Å². The summed E-state index contributed by atoms with van der Waals surface area (Å²) in [6, 6.07) is 3.77. The number of allylic oxidation sites excluding steroid dienone is 1. The molecule has 0 saturated carbocycles. The zero-order valence-corrected chi connectivity index (χ0v) is 12.3.